The van der Waals surface area contributed by atoms with E-state index in [0.717, 1.165) is 33.8 Å². The maximum atomic E-state index is 12.1. The van der Waals surface area contributed by atoms with Gasteiger partial charge in [0.1, 0.15) is 0 Å². The maximum absolute atomic E-state index is 12.1. The van der Waals surface area contributed by atoms with Crippen molar-refractivity contribution in [1.82, 2.24) is 0 Å². The molecule has 0 N–H and O–H groups in total. The van der Waals surface area contributed by atoms with Crippen LogP contribution in [0.3, 0.4) is 0 Å². The van der Waals surface area contributed by atoms with E-state index >= 15 is 0 Å². The number of carbonyl (C=O) groups excluding carboxylic acids is 2. The van der Waals surface area contributed by atoms with Crippen molar-refractivity contribution in [3.8, 4) is 0 Å². The molecule has 2 aliphatic heterocycles. The first kappa shape index (κ1) is 38.1. The average molecular weight is 725 g/mol. The Morgan fingerprint density at radius 3 is 1.43 bits per heavy atom. The molecule has 2 heterocycles. The summed E-state index contributed by atoms with van der Waals surface area (Å²) in [6.07, 6.45) is 10.7. The van der Waals surface area contributed by atoms with Crippen LogP contribution < -0.4 is 0 Å². The lowest BCUT2D eigenvalue weighted by Crippen LogP contribution is -2.34. The average Bonchev–Trinajstić information content (AvgIpc) is 3.65. The van der Waals surface area contributed by atoms with Crippen LogP contribution in [0.25, 0.3) is 0 Å². The van der Waals surface area contributed by atoms with Gasteiger partial charge in [0.2, 0.25) is 10.2 Å². The molecule has 3 fully saturated rings. The molecule has 2 nitrogen and oxygen atoms in total. The third-order valence-electron chi connectivity index (χ3n) is 7.94. The highest BCUT2D eigenvalue weighted by Crippen LogP contribution is 2.53. The Hall–Kier alpha value is 1.62. The van der Waals surface area contributed by atoms with E-state index in [1.54, 1.807) is 0 Å². The third-order valence-corrected chi connectivity index (χ3v) is 21.4. The van der Waals surface area contributed by atoms with E-state index in [4.69, 9.17) is 0 Å². The molecule has 1 saturated carbocycles. The molecular weight excluding hydrogens is 673 g/mol. The highest BCUT2D eigenvalue weighted by Gasteiger charge is 2.42. The molecule has 0 aromatic rings. The highest BCUT2D eigenvalue weighted by molar-refractivity contribution is 8.23. The smallest absolute Gasteiger partial charge is 0.214 e. The van der Waals surface area contributed by atoms with Crippen LogP contribution >= 0.6 is 94.1 Å². The molecule has 3 aliphatic rings. The van der Waals surface area contributed by atoms with Crippen LogP contribution in [-0.4, -0.2) is 74.9 Å². The first-order chi connectivity index (χ1) is 20.2. The Kier molecular flexibility index (Phi) is 18.8. The number of thioether (sulfide) groups is 8. The molecule has 2 saturated heterocycles. The van der Waals surface area contributed by atoms with Gasteiger partial charge in [0.25, 0.3) is 0 Å². The zero-order valence-electron chi connectivity index (χ0n) is 26.0. The van der Waals surface area contributed by atoms with E-state index in [-0.39, 0.29) is 10.2 Å². The summed E-state index contributed by atoms with van der Waals surface area (Å²) in [5.41, 5.74) is 1.34. The van der Waals surface area contributed by atoms with Crippen molar-refractivity contribution in [3.05, 3.63) is 24.3 Å². The monoisotopic (exact) mass is 724 g/mol. The first-order valence-corrected chi connectivity index (χ1v) is 23.7. The van der Waals surface area contributed by atoms with Crippen molar-refractivity contribution >= 4 is 104 Å². The summed E-state index contributed by atoms with van der Waals surface area (Å²) in [4.78, 5) is 24.2. The number of carbonyl (C=O) groups is 2. The fourth-order valence-corrected chi connectivity index (χ4v) is 19.4. The van der Waals surface area contributed by atoms with Gasteiger partial charge in [-0.3, -0.25) is 9.59 Å². The molecule has 0 radical (unpaired) electrons. The van der Waals surface area contributed by atoms with Crippen LogP contribution in [0.5, 0.6) is 0 Å². The van der Waals surface area contributed by atoms with Gasteiger partial charge in [-0.1, -0.05) is 63.4 Å². The van der Waals surface area contributed by atoms with Crippen molar-refractivity contribution in [2.24, 2.45) is 11.8 Å². The van der Waals surface area contributed by atoms with Crippen LogP contribution in [0.4, 0.5) is 0 Å². The lowest BCUT2D eigenvalue weighted by molar-refractivity contribution is -0.108. The summed E-state index contributed by atoms with van der Waals surface area (Å²) in [5, 5.41) is 2.93. The van der Waals surface area contributed by atoms with Gasteiger partial charge in [-0.15, -0.1) is 47.0 Å². The van der Waals surface area contributed by atoms with E-state index in [0.29, 0.717) is 30.8 Å². The normalized spacial score (nSPS) is 29.3. The summed E-state index contributed by atoms with van der Waals surface area (Å²) >= 11 is 16.2. The molecule has 10 heteroatoms. The summed E-state index contributed by atoms with van der Waals surface area (Å²) in [5.74, 6) is 8.40. The molecule has 0 bridgehead atoms. The molecule has 1 aliphatic carbocycles. The van der Waals surface area contributed by atoms with E-state index in [9.17, 15) is 9.59 Å². The van der Waals surface area contributed by atoms with E-state index in [1.807, 2.05) is 13.8 Å². The molecule has 0 spiro atoms. The second-order valence-corrected chi connectivity index (χ2v) is 22.1. The Balaban J connectivity index is 1.56. The predicted octanol–water partition coefficient (Wildman–Crippen LogP) is 10.6. The maximum Gasteiger partial charge on any atom is 0.214 e. The third kappa shape index (κ3) is 12.7. The fraction of sp³-hybridized carbons (Fsp3) is 0.812. The topological polar surface area (TPSA) is 34.1 Å². The minimum atomic E-state index is 0.159. The van der Waals surface area contributed by atoms with Gasteiger partial charge in [-0.05, 0) is 86.9 Å². The van der Waals surface area contributed by atoms with E-state index in [2.05, 4.69) is 97.6 Å². The van der Waals surface area contributed by atoms with Gasteiger partial charge in [0.15, 0.2) is 0 Å². The van der Waals surface area contributed by atoms with Gasteiger partial charge in [0, 0.05) is 44.0 Å². The zero-order chi connectivity index (χ0) is 30.5. The quantitative estimate of drug-likeness (QED) is 0.101. The zero-order valence-corrected chi connectivity index (χ0v) is 32.5. The molecule has 0 aromatic heterocycles. The minimum Gasteiger partial charge on any atom is -0.282 e. The van der Waals surface area contributed by atoms with Gasteiger partial charge < -0.3 is 0 Å². The molecule has 3 rings (SSSR count). The SMILES string of the molecule is C=C(C)C(=O)SCC1CSC(C(SCCCC)C2CCC(C(SCCCC)C3SCC(CSC(=O)C(=C)C)S3)CC2)S1. The van der Waals surface area contributed by atoms with Crippen LogP contribution in [0.2, 0.25) is 0 Å². The predicted molar refractivity (Wildman–Crippen MR) is 208 cm³/mol. The van der Waals surface area contributed by atoms with Gasteiger partial charge in [-0.25, -0.2) is 0 Å². The van der Waals surface area contributed by atoms with Crippen molar-refractivity contribution in [2.75, 3.05) is 34.5 Å². The summed E-state index contributed by atoms with van der Waals surface area (Å²) in [6.45, 7) is 15.9. The number of rotatable bonds is 18. The fourth-order valence-electron chi connectivity index (χ4n) is 5.45. The molecular formula is C32H52O2S8. The first-order valence-electron chi connectivity index (χ1n) is 15.7. The van der Waals surface area contributed by atoms with Crippen LogP contribution in [-0.2, 0) is 9.59 Å². The lowest BCUT2D eigenvalue weighted by atomic mass is 9.79. The number of unbranched alkanes of at least 4 members (excludes halogenated alkanes) is 2. The van der Waals surface area contributed by atoms with Crippen LogP contribution in [0.15, 0.2) is 24.3 Å². The molecule has 6 unspecified atom stereocenters. The summed E-state index contributed by atoms with van der Waals surface area (Å²) < 4.78 is 1.32. The van der Waals surface area contributed by atoms with Crippen molar-refractivity contribution < 1.29 is 9.59 Å². The minimum absolute atomic E-state index is 0.159. The Bertz CT molecular complexity index is 805. The summed E-state index contributed by atoms with van der Waals surface area (Å²) in [7, 11) is 0. The molecule has 0 aromatic carbocycles. The summed E-state index contributed by atoms with van der Waals surface area (Å²) in [6, 6.07) is 0. The largest absolute Gasteiger partial charge is 0.282 e. The second-order valence-electron chi connectivity index (χ2n) is 11.7. The lowest BCUT2D eigenvalue weighted by Gasteiger charge is -2.39. The number of hydrogen-bond donors (Lipinski definition) is 0. The van der Waals surface area contributed by atoms with Crippen LogP contribution in [0, 0.1) is 11.8 Å². The molecule has 6 atom stereocenters. The van der Waals surface area contributed by atoms with Gasteiger partial charge >= 0.3 is 0 Å². The van der Waals surface area contributed by atoms with E-state index in [1.165, 1.54) is 97.9 Å². The Labute approximate surface area is 291 Å². The van der Waals surface area contributed by atoms with Crippen LogP contribution in [0.1, 0.15) is 79.1 Å². The second kappa shape index (κ2) is 20.8. The molecule has 240 valence electrons. The highest BCUT2D eigenvalue weighted by atomic mass is 32.2. The van der Waals surface area contributed by atoms with Crippen molar-refractivity contribution in [1.29, 1.82) is 0 Å². The van der Waals surface area contributed by atoms with Crippen molar-refractivity contribution in [2.45, 2.75) is 109 Å². The standard InChI is InChI=1S/C32H52O2S8/c1-7-9-15-35-27(31-39-19-25(41-31)17-37-29(33)21(3)4)23-11-13-24(14-12-23)28(36-16-10-8-2)32-40-20-26(42-32)18-38-30(34)22(5)6/h23-28,31-32H,3,5,7-20H2,1-2,4,6H3. The van der Waals surface area contributed by atoms with Gasteiger partial charge in [-0.2, -0.15) is 23.5 Å². The Morgan fingerprint density at radius 2 is 1.10 bits per heavy atom. The Morgan fingerprint density at radius 1 is 0.714 bits per heavy atom. The van der Waals surface area contributed by atoms with E-state index < -0.39 is 0 Å². The number of hydrogen-bond acceptors (Lipinski definition) is 10. The van der Waals surface area contributed by atoms with Gasteiger partial charge in [0.05, 0.1) is 9.16 Å². The van der Waals surface area contributed by atoms with Crippen molar-refractivity contribution in [3.63, 3.8) is 0 Å². The molecule has 42 heavy (non-hydrogen) atoms. The molecule has 0 amide bonds.